The lowest BCUT2D eigenvalue weighted by Gasteiger charge is -2.34. The third-order valence-corrected chi connectivity index (χ3v) is 4.00. The molecule has 1 amide bonds. The van der Waals surface area contributed by atoms with Crippen molar-refractivity contribution in [2.45, 2.75) is 33.2 Å². The molecule has 0 saturated carbocycles. The van der Waals surface area contributed by atoms with Crippen molar-refractivity contribution in [1.82, 2.24) is 20.0 Å². The summed E-state index contributed by atoms with van der Waals surface area (Å²) in [5.41, 5.74) is 1.02. The zero-order valence-corrected chi connectivity index (χ0v) is 14.6. The Morgan fingerprint density at radius 3 is 2.96 bits per heavy atom. The van der Waals surface area contributed by atoms with E-state index < -0.39 is 6.04 Å². The van der Waals surface area contributed by atoms with E-state index in [0.717, 1.165) is 12.1 Å². The van der Waals surface area contributed by atoms with Gasteiger partial charge in [-0.05, 0) is 19.3 Å². The van der Waals surface area contributed by atoms with Gasteiger partial charge in [0.25, 0.3) is 11.5 Å². The van der Waals surface area contributed by atoms with Crippen LogP contribution in [0.2, 0.25) is 0 Å². The van der Waals surface area contributed by atoms with Gasteiger partial charge in [-0.25, -0.2) is 4.98 Å². The summed E-state index contributed by atoms with van der Waals surface area (Å²) in [6.07, 6.45) is 0.748. The smallest absolute Gasteiger partial charge is 0.293 e. The fraction of sp³-hybridized carbons (Fsp3) is 0.529. The summed E-state index contributed by atoms with van der Waals surface area (Å²) in [6.45, 7) is 6.98. The largest absolute Gasteiger partial charge is 0.377 e. The number of ether oxygens (including phenoxy) is 1. The van der Waals surface area contributed by atoms with Crippen LogP contribution in [0.1, 0.15) is 47.7 Å². The van der Waals surface area contributed by atoms with Crippen molar-refractivity contribution in [2.24, 2.45) is 5.92 Å². The molecule has 1 saturated heterocycles. The first-order valence-corrected chi connectivity index (χ1v) is 8.36. The van der Waals surface area contributed by atoms with E-state index in [1.165, 1.54) is 6.07 Å². The van der Waals surface area contributed by atoms with Gasteiger partial charge in [0.1, 0.15) is 5.82 Å². The summed E-state index contributed by atoms with van der Waals surface area (Å²) >= 11 is 0. The molecular formula is C17H22N4O4. The Bertz CT molecular complexity index is 811. The van der Waals surface area contributed by atoms with Crippen molar-refractivity contribution in [3.63, 3.8) is 0 Å². The first kappa shape index (κ1) is 17.3. The van der Waals surface area contributed by atoms with Gasteiger partial charge in [-0.3, -0.25) is 9.59 Å². The minimum absolute atomic E-state index is 0.198. The van der Waals surface area contributed by atoms with Gasteiger partial charge in [0.2, 0.25) is 5.76 Å². The summed E-state index contributed by atoms with van der Waals surface area (Å²) in [6, 6.07) is 2.66. The molecule has 0 radical (unpaired) electrons. The van der Waals surface area contributed by atoms with Crippen molar-refractivity contribution in [3.8, 4) is 0 Å². The van der Waals surface area contributed by atoms with Crippen LogP contribution in [-0.4, -0.2) is 45.7 Å². The van der Waals surface area contributed by atoms with Gasteiger partial charge >= 0.3 is 0 Å². The zero-order chi connectivity index (χ0) is 18.0. The minimum Gasteiger partial charge on any atom is -0.377 e. The molecule has 1 atom stereocenters. The number of aromatic nitrogens is 3. The number of nitrogens with one attached hydrogen (secondary N) is 1. The van der Waals surface area contributed by atoms with Gasteiger partial charge in [0, 0.05) is 18.7 Å². The van der Waals surface area contributed by atoms with Crippen LogP contribution in [0.3, 0.4) is 0 Å². The SMILES string of the molecule is Cc1nc(C2COCCN2C(=O)c2cc(CC(C)C)no2)cc(=O)[nH]1. The van der Waals surface area contributed by atoms with E-state index in [4.69, 9.17) is 9.26 Å². The topological polar surface area (TPSA) is 101 Å². The Hall–Kier alpha value is -2.48. The lowest BCUT2D eigenvalue weighted by Crippen LogP contribution is -2.44. The van der Waals surface area contributed by atoms with E-state index in [-0.39, 0.29) is 23.8 Å². The van der Waals surface area contributed by atoms with Crippen molar-refractivity contribution in [2.75, 3.05) is 19.8 Å². The number of nitrogens with zero attached hydrogens (tertiary/aromatic N) is 3. The number of H-pyrrole nitrogens is 1. The molecule has 0 bridgehead atoms. The highest BCUT2D eigenvalue weighted by atomic mass is 16.5. The molecule has 1 unspecified atom stereocenters. The van der Waals surface area contributed by atoms with Crippen molar-refractivity contribution in [1.29, 1.82) is 0 Å². The molecule has 134 valence electrons. The lowest BCUT2D eigenvalue weighted by molar-refractivity contribution is -0.00594. The maximum Gasteiger partial charge on any atom is 0.293 e. The van der Waals surface area contributed by atoms with Gasteiger partial charge in [0.15, 0.2) is 0 Å². The third kappa shape index (κ3) is 3.96. The second-order valence-electron chi connectivity index (χ2n) is 6.63. The normalized spacial score (nSPS) is 17.9. The molecule has 8 heteroatoms. The van der Waals surface area contributed by atoms with E-state index in [0.29, 0.717) is 30.6 Å². The number of carbonyl (C=O) groups excluding carboxylic acids is 1. The third-order valence-electron chi connectivity index (χ3n) is 4.00. The van der Waals surface area contributed by atoms with Gasteiger partial charge in [-0.2, -0.15) is 0 Å². The van der Waals surface area contributed by atoms with Crippen LogP contribution in [0.4, 0.5) is 0 Å². The van der Waals surface area contributed by atoms with Gasteiger partial charge in [0.05, 0.1) is 30.6 Å². The van der Waals surface area contributed by atoms with E-state index in [9.17, 15) is 9.59 Å². The Labute approximate surface area is 145 Å². The predicted octanol–water partition coefficient (Wildman–Crippen LogP) is 1.48. The van der Waals surface area contributed by atoms with Crippen LogP contribution in [0.25, 0.3) is 0 Å². The molecule has 2 aromatic rings. The van der Waals surface area contributed by atoms with Crippen LogP contribution in [-0.2, 0) is 11.2 Å². The molecular weight excluding hydrogens is 324 g/mol. The van der Waals surface area contributed by atoms with E-state index >= 15 is 0 Å². The maximum absolute atomic E-state index is 12.9. The maximum atomic E-state index is 12.9. The molecule has 0 aliphatic carbocycles. The molecule has 3 rings (SSSR count). The fourth-order valence-electron chi connectivity index (χ4n) is 2.93. The summed E-state index contributed by atoms with van der Waals surface area (Å²) in [4.78, 5) is 33.2. The number of amides is 1. The monoisotopic (exact) mass is 346 g/mol. The quantitative estimate of drug-likeness (QED) is 0.900. The van der Waals surface area contributed by atoms with Crippen molar-refractivity contribution in [3.05, 3.63) is 45.5 Å². The number of aromatic amines is 1. The first-order chi connectivity index (χ1) is 11.9. The van der Waals surface area contributed by atoms with Crippen LogP contribution in [0.15, 0.2) is 21.5 Å². The number of aryl methyl sites for hydroxylation is 1. The molecule has 8 nitrogen and oxygen atoms in total. The standard InChI is InChI=1S/C17H22N4O4/c1-10(2)6-12-7-15(25-20-12)17(23)21-4-5-24-9-14(21)13-8-16(22)19-11(3)18-13/h7-8,10,14H,4-6,9H2,1-3H3,(H,18,19,22). The molecule has 1 aliphatic rings. The Balaban J connectivity index is 1.86. The second-order valence-corrected chi connectivity index (χ2v) is 6.63. The Kier molecular flexibility index (Phi) is 4.98. The lowest BCUT2D eigenvalue weighted by atomic mass is 10.1. The molecule has 25 heavy (non-hydrogen) atoms. The number of morpholine rings is 1. The molecule has 1 aliphatic heterocycles. The molecule has 0 spiro atoms. The molecule has 1 N–H and O–H groups in total. The zero-order valence-electron chi connectivity index (χ0n) is 14.6. The molecule has 0 aromatic carbocycles. The van der Waals surface area contributed by atoms with Gasteiger partial charge < -0.3 is 19.1 Å². The van der Waals surface area contributed by atoms with Crippen molar-refractivity contribution >= 4 is 5.91 Å². The average molecular weight is 346 g/mol. The predicted molar refractivity (Wildman–Crippen MR) is 89.2 cm³/mol. The fourth-order valence-corrected chi connectivity index (χ4v) is 2.93. The molecule has 1 fully saturated rings. The average Bonchev–Trinajstić information content (AvgIpc) is 3.01. The molecule has 2 aromatic heterocycles. The van der Waals surface area contributed by atoms with Crippen molar-refractivity contribution < 1.29 is 14.1 Å². The number of carbonyl (C=O) groups is 1. The van der Waals surface area contributed by atoms with Gasteiger partial charge in [-0.1, -0.05) is 19.0 Å². The second kappa shape index (κ2) is 7.18. The summed E-state index contributed by atoms with van der Waals surface area (Å²) in [5.74, 6) is 0.853. The summed E-state index contributed by atoms with van der Waals surface area (Å²) in [7, 11) is 0. The Morgan fingerprint density at radius 2 is 2.24 bits per heavy atom. The van der Waals surface area contributed by atoms with Crippen LogP contribution >= 0.6 is 0 Å². The highest BCUT2D eigenvalue weighted by molar-refractivity contribution is 5.91. The van der Waals surface area contributed by atoms with Crippen LogP contribution < -0.4 is 5.56 Å². The highest BCUT2D eigenvalue weighted by Crippen LogP contribution is 2.24. The summed E-state index contributed by atoms with van der Waals surface area (Å²) in [5, 5.41) is 3.97. The van der Waals surface area contributed by atoms with E-state index in [1.54, 1.807) is 17.9 Å². The van der Waals surface area contributed by atoms with E-state index in [2.05, 4.69) is 29.0 Å². The van der Waals surface area contributed by atoms with Gasteiger partial charge in [-0.15, -0.1) is 0 Å². The highest BCUT2D eigenvalue weighted by Gasteiger charge is 2.32. The number of hydrogen-bond acceptors (Lipinski definition) is 6. The summed E-state index contributed by atoms with van der Waals surface area (Å²) < 4.78 is 10.7. The Morgan fingerprint density at radius 1 is 1.44 bits per heavy atom. The molecule has 3 heterocycles. The first-order valence-electron chi connectivity index (χ1n) is 8.36. The number of rotatable bonds is 4. The van der Waals surface area contributed by atoms with E-state index in [1.807, 2.05) is 0 Å². The number of hydrogen-bond donors (Lipinski definition) is 1. The minimum atomic E-state index is -0.430. The van der Waals surface area contributed by atoms with Crippen LogP contribution in [0.5, 0.6) is 0 Å². The van der Waals surface area contributed by atoms with Crippen LogP contribution in [0, 0.1) is 12.8 Å².